The number of aliphatic imine (C=N–C) groups is 1. The number of nitrogens with one attached hydrogen (secondary N) is 1. The van der Waals surface area contributed by atoms with Crippen molar-refractivity contribution in [2.75, 3.05) is 46.5 Å². The summed E-state index contributed by atoms with van der Waals surface area (Å²) in [6.45, 7) is 5.52. The smallest absolute Gasteiger partial charge is 0.419 e. The summed E-state index contributed by atoms with van der Waals surface area (Å²) in [6.07, 6.45) is -3.39. The Labute approximate surface area is 175 Å². The number of hydrogen-bond donors (Lipinski definition) is 1. The van der Waals surface area contributed by atoms with E-state index in [2.05, 4.69) is 15.2 Å². The van der Waals surface area contributed by atoms with Gasteiger partial charge < -0.3 is 19.7 Å². The summed E-state index contributed by atoms with van der Waals surface area (Å²) < 4.78 is 49.4. The maximum Gasteiger partial charge on any atom is 0.419 e. The van der Waals surface area contributed by atoms with E-state index in [4.69, 9.17) is 9.47 Å². The van der Waals surface area contributed by atoms with Crippen molar-refractivity contribution in [2.24, 2.45) is 10.9 Å². The maximum atomic E-state index is 13.0. The van der Waals surface area contributed by atoms with Crippen LogP contribution in [0.1, 0.15) is 18.9 Å². The first kappa shape index (κ1) is 23.8. The molecule has 0 bridgehead atoms. The third-order valence-corrected chi connectivity index (χ3v) is 4.13. The Morgan fingerprint density at radius 3 is 2.74 bits per heavy atom. The molecule has 1 aliphatic rings. The highest BCUT2D eigenvalue weighted by molar-refractivity contribution is 14.0. The molecule has 1 N–H and O–H groups in total. The Morgan fingerprint density at radius 2 is 2.07 bits per heavy atom. The van der Waals surface area contributed by atoms with Crippen molar-refractivity contribution in [3.8, 4) is 5.75 Å². The molecule has 2 rings (SSSR count). The molecule has 0 amide bonds. The average Bonchev–Trinajstić information content (AvgIpc) is 3.06. The van der Waals surface area contributed by atoms with Gasteiger partial charge in [0.2, 0.25) is 0 Å². The van der Waals surface area contributed by atoms with Crippen LogP contribution in [0.4, 0.5) is 13.2 Å². The molecule has 1 unspecified atom stereocenters. The number of benzene rings is 1. The second kappa shape index (κ2) is 11.6. The van der Waals surface area contributed by atoms with Crippen LogP contribution in [0.3, 0.4) is 0 Å². The molecular formula is C18H27F3IN3O2. The standard InChI is InChI=1S/C18H26F3N3O2.HI/c1-3-22-17(24-10-8-14(12-24)13-25-2)23-9-11-26-16-7-5-4-6-15(16)18(19,20)21;/h4-7,14H,3,8-13H2,1-2H3,(H,22,23);1H. The van der Waals surface area contributed by atoms with E-state index in [1.807, 2.05) is 6.92 Å². The van der Waals surface area contributed by atoms with Crippen molar-refractivity contribution < 1.29 is 22.6 Å². The van der Waals surface area contributed by atoms with Gasteiger partial charge in [0.1, 0.15) is 12.4 Å². The fourth-order valence-electron chi connectivity index (χ4n) is 2.96. The fraction of sp³-hybridized carbons (Fsp3) is 0.611. The largest absolute Gasteiger partial charge is 0.491 e. The lowest BCUT2D eigenvalue weighted by atomic mass is 10.1. The van der Waals surface area contributed by atoms with E-state index in [0.29, 0.717) is 12.5 Å². The Hall–Kier alpha value is -1.23. The molecule has 1 fully saturated rings. The Kier molecular flexibility index (Phi) is 10.2. The second-order valence-corrected chi connectivity index (χ2v) is 6.13. The predicted molar refractivity (Wildman–Crippen MR) is 110 cm³/mol. The molecule has 1 aromatic carbocycles. The Bertz CT molecular complexity index is 599. The van der Waals surface area contributed by atoms with Crippen molar-refractivity contribution in [1.29, 1.82) is 0 Å². The van der Waals surface area contributed by atoms with Crippen molar-refractivity contribution in [3.05, 3.63) is 29.8 Å². The zero-order valence-electron chi connectivity index (χ0n) is 15.6. The number of methoxy groups -OCH3 is 1. The topological polar surface area (TPSA) is 46.1 Å². The van der Waals surface area contributed by atoms with E-state index in [0.717, 1.165) is 38.1 Å². The quantitative estimate of drug-likeness (QED) is 0.268. The van der Waals surface area contributed by atoms with Gasteiger partial charge in [0, 0.05) is 32.7 Å². The lowest BCUT2D eigenvalue weighted by Gasteiger charge is -2.21. The normalized spacial score (nSPS) is 17.6. The SMILES string of the molecule is CCNC(=NCCOc1ccccc1C(F)(F)F)N1CCC(COC)C1.I. The molecule has 1 aromatic rings. The summed E-state index contributed by atoms with van der Waals surface area (Å²) in [7, 11) is 1.69. The van der Waals surface area contributed by atoms with Gasteiger partial charge in [-0.3, -0.25) is 0 Å². The van der Waals surface area contributed by atoms with Crippen LogP contribution in [0.25, 0.3) is 0 Å². The van der Waals surface area contributed by atoms with Gasteiger partial charge in [0.15, 0.2) is 5.96 Å². The number of rotatable bonds is 7. The molecule has 1 heterocycles. The summed E-state index contributed by atoms with van der Waals surface area (Å²) in [5.41, 5.74) is -0.766. The average molecular weight is 501 g/mol. The van der Waals surface area contributed by atoms with Gasteiger partial charge in [-0.15, -0.1) is 24.0 Å². The highest BCUT2D eigenvalue weighted by atomic mass is 127. The summed E-state index contributed by atoms with van der Waals surface area (Å²) in [5, 5.41) is 3.22. The molecule has 0 spiro atoms. The van der Waals surface area contributed by atoms with E-state index in [1.165, 1.54) is 18.2 Å². The number of alkyl halides is 3. The summed E-state index contributed by atoms with van der Waals surface area (Å²) in [4.78, 5) is 6.63. The van der Waals surface area contributed by atoms with Crippen LogP contribution in [-0.2, 0) is 10.9 Å². The van der Waals surface area contributed by atoms with E-state index in [-0.39, 0.29) is 42.9 Å². The second-order valence-electron chi connectivity index (χ2n) is 6.13. The van der Waals surface area contributed by atoms with Gasteiger partial charge in [0.05, 0.1) is 18.7 Å². The zero-order chi connectivity index (χ0) is 19.0. The first-order chi connectivity index (χ1) is 12.5. The van der Waals surface area contributed by atoms with E-state index in [9.17, 15) is 13.2 Å². The number of guanidine groups is 1. The molecule has 9 heteroatoms. The minimum Gasteiger partial charge on any atom is -0.491 e. The highest BCUT2D eigenvalue weighted by Crippen LogP contribution is 2.35. The minimum atomic E-state index is -4.43. The van der Waals surface area contributed by atoms with E-state index >= 15 is 0 Å². The summed E-state index contributed by atoms with van der Waals surface area (Å²) in [5.74, 6) is 1.07. The molecule has 27 heavy (non-hydrogen) atoms. The number of likely N-dealkylation sites (tertiary alicyclic amines) is 1. The third kappa shape index (κ3) is 7.36. The third-order valence-electron chi connectivity index (χ3n) is 4.13. The molecule has 1 aliphatic heterocycles. The molecule has 1 atom stereocenters. The number of nitrogens with zero attached hydrogens (tertiary/aromatic N) is 2. The Balaban J connectivity index is 0.00000364. The number of para-hydroxylation sites is 1. The molecular weight excluding hydrogens is 474 g/mol. The lowest BCUT2D eigenvalue weighted by Crippen LogP contribution is -2.40. The van der Waals surface area contributed by atoms with E-state index in [1.54, 1.807) is 7.11 Å². The molecule has 0 aromatic heterocycles. The van der Waals surface area contributed by atoms with Crippen LogP contribution in [0.15, 0.2) is 29.3 Å². The minimum absolute atomic E-state index is 0. The van der Waals surface area contributed by atoms with Crippen LogP contribution in [0.2, 0.25) is 0 Å². The first-order valence-corrected chi connectivity index (χ1v) is 8.77. The first-order valence-electron chi connectivity index (χ1n) is 8.77. The number of halogens is 4. The number of hydrogen-bond acceptors (Lipinski definition) is 3. The molecule has 1 saturated heterocycles. The molecule has 0 saturated carbocycles. The summed E-state index contributed by atoms with van der Waals surface area (Å²) in [6, 6.07) is 5.22. The summed E-state index contributed by atoms with van der Waals surface area (Å²) >= 11 is 0. The zero-order valence-corrected chi connectivity index (χ0v) is 17.9. The van der Waals surface area contributed by atoms with Crippen LogP contribution >= 0.6 is 24.0 Å². The van der Waals surface area contributed by atoms with Crippen LogP contribution < -0.4 is 10.1 Å². The van der Waals surface area contributed by atoms with Crippen molar-refractivity contribution in [1.82, 2.24) is 10.2 Å². The van der Waals surface area contributed by atoms with Crippen molar-refractivity contribution in [2.45, 2.75) is 19.5 Å². The van der Waals surface area contributed by atoms with Crippen molar-refractivity contribution >= 4 is 29.9 Å². The predicted octanol–water partition coefficient (Wildman–Crippen LogP) is 3.64. The van der Waals surface area contributed by atoms with Crippen LogP contribution in [0.5, 0.6) is 5.75 Å². The van der Waals surface area contributed by atoms with Gasteiger partial charge in [0.25, 0.3) is 0 Å². The van der Waals surface area contributed by atoms with Gasteiger partial charge in [-0.25, -0.2) is 4.99 Å². The number of ether oxygens (including phenoxy) is 2. The monoisotopic (exact) mass is 501 g/mol. The highest BCUT2D eigenvalue weighted by Gasteiger charge is 2.34. The molecule has 154 valence electrons. The molecule has 0 radical (unpaired) electrons. The van der Waals surface area contributed by atoms with E-state index < -0.39 is 11.7 Å². The van der Waals surface area contributed by atoms with Gasteiger partial charge in [-0.1, -0.05) is 12.1 Å². The lowest BCUT2D eigenvalue weighted by molar-refractivity contribution is -0.138. The van der Waals surface area contributed by atoms with Crippen molar-refractivity contribution in [3.63, 3.8) is 0 Å². The molecule has 0 aliphatic carbocycles. The van der Waals surface area contributed by atoms with Crippen LogP contribution in [-0.4, -0.2) is 57.4 Å². The fourth-order valence-corrected chi connectivity index (χ4v) is 2.96. The molecule has 5 nitrogen and oxygen atoms in total. The van der Waals surface area contributed by atoms with Crippen LogP contribution in [0, 0.1) is 5.92 Å². The van der Waals surface area contributed by atoms with Gasteiger partial charge in [-0.05, 0) is 25.5 Å². The Morgan fingerprint density at radius 1 is 1.33 bits per heavy atom. The van der Waals surface area contributed by atoms with Gasteiger partial charge >= 0.3 is 6.18 Å². The van der Waals surface area contributed by atoms with Gasteiger partial charge in [-0.2, -0.15) is 13.2 Å². The maximum absolute atomic E-state index is 13.0.